The van der Waals surface area contributed by atoms with Crippen molar-refractivity contribution in [3.05, 3.63) is 130 Å². The van der Waals surface area contributed by atoms with Crippen LogP contribution in [0, 0.1) is 35.5 Å². The maximum atomic E-state index is 13.1. The van der Waals surface area contributed by atoms with Gasteiger partial charge < -0.3 is 24.8 Å². The lowest BCUT2D eigenvalue weighted by molar-refractivity contribution is -0.114. The van der Waals surface area contributed by atoms with Crippen LogP contribution in [0.2, 0.25) is 0 Å². The highest BCUT2D eigenvalue weighted by Gasteiger charge is 2.34. The Kier molecular flexibility index (Phi) is 18.1. The molecule has 0 spiro atoms. The van der Waals surface area contributed by atoms with Crippen LogP contribution in [0.25, 0.3) is 32.3 Å². The number of carbonyl (C=O) groups is 5. The third kappa shape index (κ3) is 16.2. The average Bonchev–Trinajstić information content (AvgIpc) is 4.34. The first-order valence-corrected chi connectivity index (χ1v) is 30.2. The third-order valence-corrected chi connectivity index (χ3v) is 17.1. The van der Waals surface area contributed by atoms with Crippen LogP contribution < -0.4 is 10.6 Å². The van der Waals surface area contributed by atoms with Crippen molar-refractivity contribution in [2.75, 3.05) is 69.5 Å². The van der Waals surface area contributed by atoms with Gasteiger partial charge in [0.25, 0.3) is 0 Å². The number of Topliss-reactive ketones (excluding diaryl/α,β-unsaturated/α-hetero) is 3. The molecule has 6 aromatic carbocycles. The number of hydrogen-bond donors (Lipinski definition) is 2. The Morgan fingerprint density at radius 3 is 1.18 bits per heavy atom. The zero-order valence-corrected chi connectivity index (χ0v) is 48.5. The molecule has 3 atom stereocenters. The standard InChI is InChI=1S/C25H32N2O3.C22H26N2O2.C20H22BrNO/c1-25(2,3)30-24(29)26-22-11-10-18-13-20(9-8-19(18)14-22)23(28)21-5-4-12-27(16-21)15-17-6-7-17;1-15(25)23-21-9-8-17-11-19(7-6-18(17)12-21)22(26)20-3-2-10-24(14-20)13-16-4-5-16;21-19-8-7-15-10-17(6-5-16(15)11-19)20(23)18-2-1-9-22(13-18)12-14-3-4-14/h8-11,13-14,17,21H,4-7,12,15-16H2,1-3H3,(H,26,29);6-9,11-12,16,20H,2-5,10,13-14H2,1H3,(H,23,25);5-8,10-11,14,18H,1-4,9,12-13H2. The highest BCUT2D eigenvalue weighted by Crippen LogP contribution is 2.35. The topological polar surface area (TPSA) is 128 Å². The van der Waals surface area contributed by atoms with Gasteiger partial charge in [0.2, 0.25) is 5.91 Å². The van der Waals surface area contributed by atoms with Crippen LogP contribution in [0.4, 0.5) is 16.2 Å². The molecule has 12 rings (SSSR count). The van der Waals surface area contributed by atoms with E-state index < -0.39 is 11.7 Å². The van der Waals surface area contributed by atoms with Crippen LogP contribution in [0.3, 0.4) is 0 Å². The van der Waals surface area contributed by atoms with Gasteiger partial charge in [0, 0.05) is 96.5 Å². The van der Waals surface area contributed by atoms with Gasteiger partial charge in [-0.2, -0.15) is 0 Å². The molecule has 0 radical (unpaired) electrons. The van der Waals surface area contributed by atoms with E-state index in [1.165, 1.54) is 70.5 Å². The fourth-order valence-electron chi connectivity index (χ4n) is 12.0. The van der Waals surface area contributed by atoms with Gasteiger partial charge in [-0.3, -0.25) is 24.5 Å². The Bertz CT molecular complexity index is 3190. The Morgan fingerprint density at radius 1 is 0.468 bits per heavy atom. The number of piperidine rings is 3. The van der Waals surface area contributed by atoms with Gasteiger partial charge in [0.05, 0.1) is 0 Å². The van der Waals surface area contributed by atoms with Crippen LogP contribution in [-0.2, 0) is 9.53 Å². The molecule has 2 N–H and O–H groups in total. The largest absolute Gasteiger partial charge is 0.444 e. The Hall–Kier alpha value is -5.79. The monoisotopic (exact) mass is 1130 g/mol. The fourth-order valence-corrected chi connectivity index (χ4v) is 12.3. The number of carbonyl (C=O) groups excluding carboxylic acids is 5. The van der Waals surface area contributed by atoms with Crippen LogP contribution in [-0.4, -0.2) is 109 Å². The van der Waals surface area contributed by atoms with Gasteiger partial charge in [0.1, 0.15) is 5.60 Å². The number of ether oxygens (including phenoxy) is 1. The summed E-state index contributed by atoms with van der Waals surface area (Å²) < 4.78 is 6.39. The number of halogens is 1. The van der Waals surface area contributed by atoms with Crippen molar-refractivity contribution in [3.8, 4) is 0 Å². The predicted molar refractivity (Wildman–Crippen MR) is 322 cm³/mol. The molecule has 3 aliphatic carbocycles. The zero-order chi connectivity index (χ0) is 55.2. The number of likely N-dealkylation sites (tertiary alicyclic amines) is 3. The number of amides is 2. The minimum atomic E-state index is -0.538. The molecule has 12 heteroatoms. The summed E-state index contributed by atoms with van der Waals surface area (Å²) >= 11 is 3.50. The summed E-state index contributed by atoms with van der Waals surface area (Å²) in [7, 11) is 0. The van der Waals surface area contributed by atoms with Gasteiger partial charge in [-0.15, -0.1) is 0 Å². The summed E-state index contributed by atoms with van der Waals surface area (Å²) in [6, 6.07) is 35.6. The van der Waals surface area contributed by atoms with Gasteiger partial charge in [-0.25, -0.2) is 4.79 Å². The fraction of sp³-hybridized carbons (Fsp3) is 0.478. The SMILES string of the molecule is CC(=O)Nc1ccc2cc(C(=O)C3CCCN(CC4CC4)C3)ccc2c1.CC(C)(C)OC(=O)Nc1ccc2cc(C(=O)C3CCCN(CC4CC4)C3)ccc2c1.O=C(c1ccc2cc(Br)ccc2c1)C1CCCN(CC2CC2)C1. The number of hydrogen-bond acceptors (Lipinski definition) is 9. The Morgan fingerprint density at radius 2 is 0.810 bits per heavy atom. The second kappa shape index (κ2) is 25.3. The van der Waals surface area contributed by atoms with E-state index in [0.29, 0.717) is 11.5 Å². The molecule has 3 saturated heterocycles. The van der Waals surface area contributed by atoms with E-state index in [1.54, 1.807) is 0 Å². The number of benzene rings is 6. The van der Waals surface area contributed by atoms with Crippen LogP contribution in [0.1, 0.15) is 136 Å². The molecular formula is C67H80BrN5O6. The predicted octanol–water partition coefficient (Wildman–Crippen LogP) is 14.5. The van der Waals surface area contributed by atoms with E-state index in [2.05, 4.69) is 65.5 Å². The lowest BCUT2D eigenvalue weighted by atomic mass is 9.89. The number of fused-ring (bicyclic) bond motifs is 3. The third-order valence-electron chi connectivity index (χ3n) is 16.6. The molecule has 0 aromatic heterocycles. The molecule has 6 fully saturated rings. The molecule has 2 amide bonds. The second-order valence-electron chi connectivity index (χ2n) is 24.8. The summed E-state index contributed by atoms with van der Waals surface area (Å²) in [6.07, 6.45) is 14.1. The van der Waals surface area contributed by atoms with Gasteiger partial charge >= 0.3 is 6.09 Å². The first-order valence-electron chi connectivity index (χ1n) is 29.4. The van der Waals surface area contributed by atoms with E-state index in [4.69, 9.17) is 4.74 Å². The minimum absolute atomic E-state index is 0.0794. The average molecular weight is 1130 g/mol. The number of rotatable bonds is 14. The molecule has 3 heterocycles. The van der Waals surface area contributed by atoms with Gasteiger partial charge in [0.15, 0.2) is 17.3 Å². The zero-order valence-electron chi connectivity index (χ0n) is 46.9. The molecule has 3 unspecified atom stereocenters. The molecule has 0 bridgehead atoms. The highest BCUT2D eigenvalue weighted by atomic mass is 79.9. The van der Waals surface area contributed by atoms with Crippen LogP contribution in [0.15, 0.2) is 114 Å². The molecule has 6 aliphatic rings. The Labute approximate surface area is 475 Å². The van der Waals surface area contributed by atoms with Crippen molar-refractivity contribution in [3.63, 3.8) is 0 Å². The molecule has 3 aliphatic heterocycles. The van der Waals surface area contributed by atoms with Crippen molar-refractivity contribution < 1.29 is 28.7 Å². The van der Waals surface area contributed by atoms with Crippen molar-refractivity contribution in [2.45, 2.75) is 110 Å². The summed E-state index contributed by atoms with van der Waals surface area (Å²) in [5.74, 6) is 3.83. The summed E-state index contributed by atoms with van der Waals surface area (Å²) in [5, 5.41) is 11.9. The van der Waals surface area contributed by atoms with Crippen molar-refractivity contribution in [1.82, 2.24) is 14.7 Å². The van der Waals surface area contributed by atoms with Gasteiger partial charge in [-0.1, -0.05) is 70.5 Å². The molecule has 3 saturated carbocycles. The summed E-state index contributed by atoms with van der Waals surface area (Å²) in [6.45, 7) is 16.8. The van der Waals surface area contributed by atoms with Crippen molar-refractivity contribution in [1.29, 1.82) is 0 Å². The van der Waals surface area contributed by atoms with Crippen LogP contribution >= 0.6 is 15.9 Å². The van der Waals surface area contributed by atoms with E-state index >= 15 is 0 Å². The van der Waals surface area contributed by atoms with Gasteiger partial charge in [-0.05, 0) is 222 Å². The van der Waals surface area contributed by atoms with E-state index in [9.17, 15) is 24.0 Å². The first kappa shape index (κ1) is 56.5. The summed E-state index contributed by atoms with van der Waals surface area (Å²) in [4.78, 5) is 69.8. The highest BCUT2D eigenvalue weighted by molar-refractivity contribution is 9.10. The number of nitrogens with zero attached hydrogens (tertiary/aromatic N) is 3. The molecule has 416 valence electrons. The summed E-state index contributed by atoms with van der Waals surface area (Å²) in [5.41, 5.74) is 3.39. The molecule has 11 nitrogen and oxygen atoms in total. The van der Waals surface area contributed by atoms with Crippen LogP contribution in [0.5, 0.6) is 0 Å². The lowest BCUT2D eigenvalue weighted by Gasteiger charge is -2.32. The first-order chi connectivity index (χ1) is 38.0. The molecule has 6 aromatic rings. The van der Waals surface area contributed by atoms with Crippen molar-refractivity contribution >= 4 is 89.0 Å². The molecule has 79 heavy (non-hydrogen) atoms. The number of anilines is 2. The Balaban J connectivity index is 0.000000135. The minimum Gasteiger partial charge on any atom is -0.444 e. The van der Waals surface area contributed by atoms with E-state index in [1.807, 2.05) is 106 Å². The number of nitrogens with one attached hydrogen (secondary N) is 2. The smallest absolute Gasteiger partial charge is 0.412 e. The normalized spacial score (nSPS) is 21.1. The van der Waals surface area contributed by atoms with E-state index in [0.717, 1.165) is 149 Å². The second-order valence-corrected chi connectivity index (χ2v) is 25.7. The quantitative estimate of drug-likeness (QED) is 0.102. The van der Waals surface area contributed by atoms with E-state index in [-0.39, 0.29) is 35.2 Å². The maximum Gasteiger partial charge on any atom is 0.412 e. The molecular weight excluding hydrogens is 1050 g/mol. The maximum absolute atomic E-state index is 13.1. The van der Waals surface area contributed by atoms with Crippen molar-refractivity contribution in [2.24, 2.45) is 35.5 Å². The lowest BCUT2D eigenvalue weighted by Crippen LogP contribution is -2.39. The number of ketones is 3.